The Morgan fingerprint density at radius 3 is 2.55 bits per heavy atom. The standard InChI is InChI=1S/C16H27FN2O/c1-5-15(18)16(13-7-6-8-14(17)11-13)19(12(2)3)9-10-20-4/h6-8,11-12,15-16H,5,9-10,18H2,1-4H3. The molecule has 1 rings (SSSR count). The summed E-state index contributed by atoms with van der Waals surface area (Å²) in [5.74, 6) is -0.216. The van der Waals surface area contributed by atoms with Crippen LogP contribution in [0, 0.1) is 5.82 Å². The van der Waals surface area contributed by atoms with Crippen LogP contribution in [-0.4, -0.2) is 37.2 Å². The second-order valence-electron chi connectivity index (χ2n) is 5.40. The molecular weight excluding hydrogens is 255 g/mol. The second-order valence-corrected chi connectivity index (χ2v) is 5.40. The first kappa shape index (κ1) is 17.1. The molecule has 2 unspecified atom stereocenters. The van der Waals surface area contributed by atoms with Crippen LogP contribution in [0.1, 0.15) is 38.8 Å². The summed E-state index contributed by atoms with van der Waals surface area (Å²) < 4.78 is 18.7. The zero-order valence-electron chi connectivity index (χ0n) is 13.0. The summed E-state index contributed by atoms with van der Waals surface area (Å²) in [6.07, 6.45) is 0.845. The molecule has 2 N–H and O–H groups in total. The van der Waals surface area contributed by atoms with Gasteiger partial charge in [-0.25, -0.2) is 4.39 Å². The highest BCUT2D eigenvalue weighted by molar-refractivity contribution is 5.22. The molecule has 0 saturated heterocycles. The molecule has 3 nitrogen and oxygen atoms in total. The van der Waals surface area contributed by atoms with Crippen LogP contribution < -0.4 is 5.73 Å². The Hall–Kier alpha value is -0.970. The minimum absolute atomic E-state index is 0.00542. The fourth-order valence-electron chi connectivity index (χ4n) is 2.51. The number of benzene rings is 1. The Labute approximate surface area is 121 Å². The summed E-state index contributed by atoms with van der Waals surface area (Å²) in [6.45, 7) is 7.74. The van der Waals surface area contributed by atoms with Gasteiger partial charge in [0, 0.05) is 25.7 Å². The zero-order valence-corrected chi connectivity index (χ0v) is 13.0. The van der Waals surface area contributed by atoms with E-state index in [0.717, 1.165) is 18.5 Å². The van der Waals surface area contributed by atoms with Crippen molar-refractivity contribution in [1.29, 1.82) is 0 Å². The topological polar surface area (TPSA) is 38.5 Å². The van der Waals surface area contributed by atoms with Gasteiger partial charge in [-0.2, -0.15) is 0 Å². The quantitative estimate of drug-likeness (QED) is 0.796. The largest absolute Gasteiger partial charge is 0.383 e. The van der Waals surface area contributed by atoms with Gasteiger partial charge in [-0.1, -0.05) is 19.1 Å². The first-order valence-electron chi connectivity index (χ1n) is 7.27. The van der Waals surface area contributed by atoms with Crippen molar-refractivity contribution in [2.75, 3.05) is 20.3 Å². The van der Waals surface area contributed by atoms with Gasteiger partial charge < -0.3 is 10.5 Å². The summed E-state index contributed by atoms with van der Waals surface area (Å²) in [5, 5.41) is 0. The van der Waals surface area contributed by atoms with Crippen LogP contribution in [0.2, 0.25) is 0 Å². The van der Waals surface area contributed by atoms with Crippen molar-refractivity contribution in [2.45, 2.75) is 45.3 Å². The van der Waals surface area contributed by atoms with Crippen LogP contribution in [-0.2, 0) is 4.74 Å². The summed E-state index contributed by atoms with van der Waals surface area (Å²) >= 11 is 0. The molecule has 0 amide bonds. The third-order valence-electron chi connectivity index (χ3n) is 3.64. The lowest BCUT2D eigenvalue weighted by atomic mass is 9.95. The number of hydrogen-bond acceptors (Lipinski definition) is 3. The summed E-state index contributed by atoms with van der Waals surface area (Å²) in [4.78, 5) is 2.28. The highest BCUT2D eigenvalue weighted by Crippen LogP contribution is 2.27. The first-order valence-corrected chi connectivity index (χ1v) is 7.27. The van der Waals surface area contributed by atoms with E-state index < -0.39 is 0 Å². The predicted octanol–water partition coefficient (Wildman–Crippen LogP) is 2.96. The van der Waals surface area contributed by atoms with Gasteiger partial charge in [-0.3, -0.25) is 4.90 Å². The van der Waals surface area contributed by atoms with E-state index in [1.54, 1.807) is 19.2 Å². The normalized spacial score (nSPS) is 14.8. The number of ether oxygens (including phenoxy) is 1. The smallest absolute Gasteiger partial charge is 0.123 e. The molecule has 0 saturated carbocycles. The third kappa shape index (κ3) is 4.54. The van der Waals surface area contributed by atoms with Gasteiger partial charge in [0.2, 0.25) is 0 Å². The van der Waals surface area contributed by atoms with Crippen LogP contribution in [0.4, 0.5) is 4.39 Å². The highest BCUT2D eigenvalue weighted by Gasteiger charge is 2.27. The molecule has 0 radical (unpaired) electrons. The monoisotopic (exact) mass is 282 g/mol. The van der Waals surface area contributed by atoms with Gasteiger partial charge in [0.25, 0.3) is 0 Å². The van der Waals surface area contributed by atoms with E-state index in [1.165, 1.54) is 6.07 Å². The van der Waals surface area contributed by atoms with E-state index in [-0.39, 0.29) is 17.9 Å². The maximum absolute atomic E-state index is 13.5. The lowest BCUT2D eigenvalue weighted by Crippen LogP contribution is -2.45. The molecule has 1 aromatic carbocycles. The summed E-state index contributed by atoms with van der Waals surface area (Å²) in [7, 11) is 1.69. The summed E-state index contributed by atoms with van der Waals surface area (Å²) in [6, 6.07) is 7.04. The molecule has 0 aromatic heterocycles. The number of hydrogen-bond donors (Lipinski definition) is 1. The molecule has 0 spiro atoms. The van der Waals surface area contributed by atoms with Crippen molar-refractivity contribution in [3.05, 3.63) is 35.6 Å². The maximum atomic E-state index is 13.5. The molecule has 4 heteroatoms. The third-order valence-corrected chi connectivity index (χ3v) is 3.64. The molecule has 0 aliphatic rings. The minimum atomic E-state index is -0.216. The average molecular weight is 282 g/mol. The van der Waals surface area contributed by atoms with Gasteiger partial charge in [0.05, 0.1) is 12.6 Å². The van der Waals surface area contributed by atoms with Crippen molar-refractivity contribution in [1.82, 2.24) is 4.90 Å². The van der Waals surface area contributed by atoms with Crippen LogP contribution in [0.15, 0.2) is 24.3 Å². The second kappa shape index (κ2) is 8.35. The predicted molar refractivity (Wildman–Crippen MR) is 81.1 cm³/mol. The maximum Gasteiger partial charge on any atom is 0.123 e. The van der Waals surface area contributed by atoms with E-state index in [1.807, 2.05) is 6.07 Å². The van der Waals surface area contributed by atoms with Crippen molar-refractivity contribution in [3.63, 3.8) is 0 Å². The highest BCUT2D eigenvalue weighted by atomic mass is 19.1. The molecule has 0 aliphatic heterocycles. The molecule has 114 valence electrons. The molecule has 0 aliphatic carbocycles. The molecule has 0 heterocycles. The van der Waals surface area contributed by atoms with Crippen molar-refractivity contribution in [3.8, 4) is 0 Å². The van der Waals surface area contributed by atoms with Crippen molar-refractivity contribution < 1.29 is 9.13 Å². The van der Waals surface area contributed by atoms with Crippen molar-refractivity contribution >= 4 is 0 Å². The molecule has 1 aromatic rings. The fourth-order valence-corrected chi connectivity index (χ4v) is 2.51. The number of methoxy groups -OCH3 is 1. The SMILES string of the molecule is CCC(N)C(c1cccc(F)c1)N(CCOC)C(C)C. The van der Waals surface area contributed by atoms with E-state index in [9.17, 15) is 4.39 Å². The van der Waals surface area contributed by atoms with E-state index in [0.29, 0.717) is 12.6 Å². The Morgan fingerprint density at radius 2 is 2.05 bits per heavy atom. The Bertz CT molecular complexity index is 398. The average Bonchev–Trinajstić information content (AvgIpc) is 2.42. The first-order chi connectivity index (χ1) is 9.51. The number of nitrogens with two attached hydrogens (primary N) is 1. The van der Waals surface area contributed by atoms with Gasteiger partial charge >= 0.3 is 0 Å². The Kier molecular flexibility index (Phi) is 7.13. The number of halogens is 1. The van der Waals surface area contributed by atoms with Gasteiger partial charge in [0.15, 0.2) is 0 Å². The molecule has 2 atom stereocenters. The zero-order chi connectivity index (χ0) is 15.1. The Balaban J connectivity index is 3.08. The lowest BCUT2D eigenvalue weighted by Gasteiger charge is -2.38. The number of rotatable bonds is 8. The van der Waals surface area contributed by atoms with Gasteiger partial charge in [-0.15, -0.1) is 0 Å². The molecule has 20 heavy (non-hydrogen) atoms. The Morgan fingerprint density at radius 1 is 1.35 bits per heavy atom. The molecule has 0 fully saturated rings. The van der Waals surface area contributed by atoms with E-state index in [2.05, 4.69) is 25.7 Å². The van der Waals surface area contributed by atoms with Gasteiger partial charge in [0.1, 0.15) is 5.82 Å². The number of nitrogens with zero attached hydrogens (tertiary/aromatic N) is 1. The molecule has 0 bridgehead atoms. The van der Waals surface area contributed by atoms with Gasteiger partial charge in [-0.05, 0) is 38.0 Å². The lowest BCUT2D eigenvalue weighted by molar-refractivity contribution is 0.0830. The van der Waals surface area contributed by atoms with Crippen molar-refractivity contribution in [2.24, 2.45) is 5.73 Å². The molecular formula is C16H27FN2O. The summed E-state index contributed by atoms with van der Waals surface area (Å²) in [5.41, 5.74) is 7.24. The van der Waals surface area contributed by atoms with Crippen LogP contribution in [0.5, 0.6) is 0 Å². The van der Waals surface area contributed by atoms with Crippen LogP contribution in [0.25, 0.3) is 0 Å². The van der Waals surface area contributed by atoms with Crippen LogP contribution in [0.3, 0.4) is 0 Å². The van der Waals surface area contributed by atoms with E-state index >= 15 is 0 Å². The minimum Gasteiger partial charge on any atom is -0.383 e. The fraction of sp³-hybridized carbons (Fsp3) is 0.625. The van der Waals surface area contributed by atoms with Crippen LogP contribution >= 0.6 is 0 Å². The van der Waals surface area contributed by atoms with E-state index in [4.69, 9.17) is 10.5 Å².